The van der Waals surface area contributed by atoms with Crippen LogP contribution in [0, 0.1) is 6.92 Å². The van der Waals surface area contributed by atoms with Crippen LogP contribution in [0.4, 0.5) is 5.82 Å². The lowest BCUT2D eigenvalue weighted by atomic mass is 10.1. The smallest absolute Gasteiger partial charge is 0.151 e. The fourth-order valence-corrected chi connectivity index (χ4v) is 2.79. The minimum atomic E-state index is 0.746. The van der Waals surface area contributed by atoms with E-state index < -0.39 is 0 Å². The van der Waals surface area contributed by atoms with Gasteiger partial charge < -0.3 is 5.32 Å². The van der Waals surface area contributed by atoms with Gasteiger partial charge in [0, 0.05) is 24.5 Å². The van der Waals surface area contributed by atoms with Crippen LogP contribution in [0.1, 0.15) is 11.1 Å². The van der Waals surface area contributed by atoms with Gasteiger partial charge in [0.25, 0.3) is 0 Å². The van der Waals surface area contributed by atoms with Crippen molar-refractivity contribution in [2.24, 2.45) is 0 Å². The number of hydrogen-bond acceptors (Lipinski definition) is 3. The number of anilines is 1. The number of aromatic nitrogens is 3. The zero-order valence-electron chi connectivity index (χ0n) is 13.5. The van der Waals surface area contributed by atoms with Gasteiger partial charge >= 0.3 is 0 Å². The van der Waals surface area contributed by atoms with Crippen molar-refractivity contribution in [1.82, 2.24) is 14.8 Å². The summed E-state index contributed by atoms with van der Waals surface area (Å²) in [5.74, 6) is 0.895. The van der Waals surface area contributed by atoms with E-state index in [1.54, 1.807) is 12.4 Å². The Morgan fingerprint density at radius 1 is 1.00 bits per heavy atom. The van der Waals surface area contributed by atoms with Crippen molar-refractivity contribution < 1.29 is 0 Å². The summed E-state index contributed by atoms with van der Waals surface area (Å²) in [4.78, 5) is 4.14. The maximum Gasteiger partial charge on any atom is 0.151 e. The maximum atomic E-state index is 4.62. The van der Waals surface area contributed by atoms with E-state index in [4.69, 9.17) is 0 Å². The number of nitrogens with one attached hydrogen (secondary N) is 1. The third-order valence-electron chi connectivity index (χ3n) is 4.08. The predicted molar refractivity (Wildman–Crippen MR) is 97.4 cm³/mol. The zero-order chi connectivity index (χ0) is 16.4. The van der Waals surface area contributed by atoms with Crippen LogP contribution in [0.3, 0.4) is 0 Å². The van der Waals surface area contributed by atoms with Gasteiger partial charge in [-0.2, -0.15) is 5.10 Å². The molecule has 24 heavy (non-hydrogen) atoms. The van der Waals surface area contributed by atoms with Crippen molar-refractivity contribution in [2.45, 2.75) is 13.5 Å². The van der Waals surface area contributed by atoms with Gasteiger partial charge in [0.1, 0.15) is 0 Å². The first-order valence-electron chi connectivity index (χ1n) is 7.98. The van der Waals surface area contributed by atoms with Crippen LogP contribution in [0.5, 0.6) is 0 Å². The normalized spacial score (nSPS) is 10.9. The molecule has 0 amide bonds. The number of hydrogen-bond donors (Lipinski definition) is 1. The SMILES string of the molecule is Cc1cn(-c2cccnc2)nc1NCc1ccc2ccccc2c1. The Kier molecular flexibility index (Phi) is 3.71. The fourth-order valence-electron chi connectivity index (χ4n) is 2.79. The second-order valence-corrected chi connectivity index (χ2v) is 5.85. The van der Waals surface area contributed by atoms with Crippen LogP contribution in [0.2, 0.25) is 0 Å². The molecule has 4 nitrogen and oxygen atoms in total. The van der Waals surface area contributed by atoms with Crippen molar-refractivity contribution in [3.05, 3.63) is 84.3 Å². The van der Waals surface area contributed by atoms with Gasteiger partial charge in [0.2, 0.25) is 0 Å². The average molecular weight is 314 g/mol. The molecule has 4 aromatic rings. The second kappa shape index (κ2) is 6.16. The van der Waals surface area contributed by atoms with Crippen molar-refractivity contribution >= 4 is 16.6 Å². The molecule has 4 heteroatoms. The van der Waals surface area contributed by atoms with Crippen molar-refractivity contribution in [2.75, 3.05) is 5.32 Å². The van der Waals surface area contributed by atoms with Gasteiger partial charge in [-0.25, -0.2) is 4.68 Å². The van der Waals surface area contributed by atoms with E-state index in [2.05, 4.69) is 64.8 Å². The van der Waals surface area contributed by atoms with E-state index in [0.29, 0.717) is 0 Å². The highest BCUT2D eigenvalue weighted by molar-refractivity contribution is 5.83. The third-order valence-corrected chi connectivity index (χ3v) is 4.08. The Bertz CT molecular complexity index is 973. The number of fused-ring (bicyclic) bond motifs is 1. The molecular formula is C20H18N4. The van der Waals surface area contributed by atoms with Gasteiger partial charge in [-0.1, -0.05) is 36.4 Å². The van der Waals surface area contributed by atoms with Crippen LogP contribution in [-0.2, 0) is 6.54 Å². The minimum absolute atomic E-state index is 0.746. The minimum Gasteiger partial charge on any atom is -0.364 e. The van der Waals surface area contributed by atoms with Crippen molar-refractivity contribution in [1.29, 1.82) is 0 Å². The van der Waals surface area contributed by atoms with Crippen molar-refractivity contribution in [3.63, 3.8) is 0 Å². The molecule has 0 aliphatic carbocycles. The zero-order valence-corrected chi connectivity index (χ0v) is 13.5. The molecule has 1 N–H and O–H groups in total. The Labute approximate surface area is 140 Å². The quantitative estimate of drug-likeness (QED) is 0.609. The number of nitrogens with zero attached hydrogens (tertiary/aromatic N) is 3. The summed E-state index contributed by atoms with van der Waals surface area (Å²) >= 11 is 0. The molecule has 118 valence electrons. The standard InChI is InChI=1S/C20H18N4/c1-15-14-24(19-7-4-10-21-13-19)23-20(15)22-12-16-8-9-17-5-2-3-6-18(17)11-16/h2-11,13-14H,12H2,1H3,(H,22,23). The molecule has 2 heterocycles. The predicted octanol–water partition coefficient (Wildman–Crippen LogP) is 4.34. The lowest BCUT2D eigenvalue weighted by Gasteiger charge is -2.06. The molecule has 0 unspecified atom stereocenters. The van der Waals surface area contributed by atoms with Gasteiger partial charge in [0.15, 0.2) is 5.82 Å². The summed E-state index contributed by atoms with van der Waals surface area (Å²) in [7, 11) is 0. The summed E-state index contributed by atoms with van der Waals surface area (Å²) in [6.07, 6.45) is 5.58. The van der Waals surface area contributed by atoms with Crippen molar-refractivity contribution in [3.8, 4) is 5.69 Å². The molecule has 0 saturated heterocycles. The van der Waals surface area contributed by atoms with Crippen LogP contribution in [0.15, 0.2) is 73.2 Å². The lowest BCUT2D eigenvalue weighted by molar-refractivity contribution is 0.871. The molecule has 0 aliphatic heterocycles. The third kappa shape index (κ3) is 2.86. The first kappa shape index (κ1) is 14.5. The van der Waals surface area contributed by atoms with E-state index in [-0.39, 0.29) is 0 Å². The molecule has 0 fully saturated rings. The van der Waals surface area contributed by atoms with E-state index >= 15 is 0 Å². The first-order valence-corrected chi connectivity index (χ1v) is 7.98. The number of aryl methyl sites for hydroxylation is 1. The van der Waals surface area contributed by atoms with Crippen LogP contribution < -0.4 is 5.32 Å². The molecule has 2 aromatic carbocycles. The molecule has 0 atom stereocenters. The molecule has 0 saturated carbocycles. The molecule has 2 aromatic heterocycles. The molecule has 0 bridgehead atoms. The first-order chi connectivity index (χ1) is 11.8. The molecule has 0 aliphatic rings. The van der Waals surface area contributed by atoms with Gasteiger partial charge in [0.05, 0.1) is 11.9 Å². The largest absolute Gasteiger partial charge is 0.364 e. The van der Waals surface area contributed by atoms with Gasteiger partial charge in [-0.05, 0) is 41.5 Å². The Morgan fingerprint density at radius 3 is 2.71 bits per heavy atom. The molecule has 4 rings (SSSR count). The maximum absolute atomic E-state index is 4.62. The Morgan fingerprint density at radius 2 is 1.88 bits per heavy atom. The monoisotopic (exact) mass is 314 g/mol. The lowest BCUT2D eigenvalue weighted by Crippen LogP contribution is -2.02. The van der Waals surface area contributed by atoms with Crippen LogP contribution in [-0.4, -0.2) is 14.8 Å². The number of benzene rings is 2. The number of pyridine rings is 1. The summed E-state index contributed by atoms with van der Waals surface area (Å²) < 4.78 is 1.85. The topological polar surface area (TPSA) is 42.7 Å². The summed E-state index contributed by atoms with van der Waals surface area (Å²) in [5, 5.41) is 10.6. The van der Waals surface area contributed by atoms with Gasteiger partial charge in [-0.3, -0.25) is 4.98 Å². The molecular weight excluding hydrogens is 296 g/mol. The summed E-state index contributed by atoms with van der Waals surface area (Å²) in [5.41, 5.74) is 3.31. The second-order valence-electron chi connectivity index (χ2n) is 5.85. The number of rotatable bonds is 4. The molecule has 0 radical (unpaired) electrons. The average Bonchev–Trinajstić information content (AvgIpc) is 3.01. The fraction of sp³-hybridized carbons (Fsp3) is 0.100. The highest BCUT2D eigenvalue weighted by Crippen LogP contribution is 2.19. The van der Waals surface area contributed by atoms with Crippen LogP contribution in [0.25, 0.3) is 16.5 Å². The van der Waals surface area contributed by atoms with Crippen LogP contribution >= 0.6 is 0 Å². The highest BCUT2D eigenvalue weighted by atomic mass is 15.3. The highest BCUT2D eigenvalue weighted by Gasteiger charge is 2.06. The van der Waals surface area contributed by atoms with Gasteiger partial charge in [-0.15, -0.1) is 0 Å². The van der Waals surface area contributed by atoms with E-state index in [1.165, 1.54) is 16.3 Å². The van der Waals surface area contributed by atoms with E-state index in [0.717, 1.165) is 23.6 Å². The Balaban J connectivity index is 1.54. The van der Waals surface area contributed by atoms with E-state index in [9.17, 15) is 0 Å². The summed E-state index contributed by atoms with van der Waals surface area (Å²) in [6, 6.07) is 18.8. The Hall–Kier alpha value is -3.14. The summed E-state index contributed by atoms with van der Waals surface area (Å²) in [6.45, 7) is 2.80. The molecule has 0 spiro atoms. The van der Waals surface area contributed by atoms with E-state index in [1.807, 2.05) is 23.0 Å².